The van der Waals surface area contributed by atoms with Crippen LogP contribution in [0.15, 0.2) is 0 Å². The second-order valence-electron chi connectivity index (χ2n) is 39.0. The predicted octanol–water partition coefficient (Wildman–Crippen LogP) is 19.7. The smallest absolute Gasteiger partial charge is 0.167 e. The van der Waals surface area contributed by atoms with Crippen molar-refractivity contribution in [3.63, 3.8) is 0 Å². The SMILES string of the molecule is CC(C)N(C(C)C)P(C)N(C(C)C)C(C)C.C[C@@H]1C[C@](C)(COP(C)O[C@@H]2C(C)(C)[C@H](C)C[C@]2(C)CO)C(C)(C)C1O.C[C@@H]1C[C@]2(C)COP(C)O[C@H]3C(C)(C)[C@H](C)C[C@]3(C)COP(C)O[C@@H]1C2(C)C.[BH3-]P1(=O)OC[C@@]2(C)C[C@@H](C)C(C)(C)[C@@H]2OP([BH3-])(=O)OC[C@@]2(C)C[C@@H](C)[C@H](O1)C2(C)C. The van der Waals surface area contributed by atoms with Gasteiger partial charge >= 0.3 is 0 Å². The largest absolute Gasteiger partial charge is 0.396 e. The van der Waals surface area contributed by atoms with Gasteiger partial charge in [-0.3, -0.25) is 9.34 Å². The number of aliphatic hydroxyl groups is 2. The fourth-order valence-corrected chi connectivity index (χ4v) is 29.3. The summed E-state index contributed by atoms with van der Waals surface area (Å²) in [6, 6.07) is 2.49. The first kappa shape index (κ1) is 92.4. The molecule has 24 heteroatoms. The van der Waals surface area contributed by atoms with E-state index in [4.69, 9.17) is 45.2 Å². The third-order valence-electron chi connectivity index (χ3n) is 27.8. The minimum atomic E-state index is -3.05. The fourth-order valence-electron chi connectivity index (χ4n) is 20.1. The first-order chi connectivity index (χ1) is 45.0. The van der Waals surface area contributed by atoms with E-state index in [1.54, 1.807) is 0 Å². The molecule has 4 bridgehead atoms. The third-order valence-corrected chi connectivity index (χ3v) is 35.4. The number of rotatable bonds is 12. The average Bonchev–Trinajstić information content (AvgIpc) is 1.60. The Labute approximate surface area is 621 Å². The highest BCUT2D eigenvalue weighted by Gasteiger charge is 2.63. The fraction of sp³-hybridized carbons (Fsp3) is 1.00. The van der Waals surface area contributed by atoms with E-state index < -0.39 is 55.2 Å². The van der Waals surface area contributed by atoms with Gasteiger partial charge in [-0.2, -0.15) is 0 Å². The van der Waals surface area contributed by atoms with Gasteiger partial charge in [-0.05, 0) is 185 Å². The molecule has 2 N–H and O–H groups in total. The van der Waals surface area contributed by atoms with Crippen LogP contribution < -0.4 is 0 Å². The van der Waals surface area contributed by atoms with Crippen molar-refractivity contribution >= 4 is 63.4 Å². The monoisotopic (exact) mass is 1530 g/mol. The van der Waals surface area contributed by atoms with Gasteiger partial charge in [0.15, 0.2) is 25.1 Å². The Kier molecular flexibility index (Phi) is 30.7. The van der Waals surface area contributed by atoms with Crippen LogP contribution in [0, 0.1) is 100 Å². The lowest BCUT2D eigenvalue weighted by Gasteiger charge is -2.45. The maximum atomic E-state index is 13.6. The van der Waals surface area contributed by atoms with Crippen molar-refractivity contribution in [1.82, 2.24) is 9.34 Å². The molecular weight excluding hydrogens is 1370 g/mol. The number of fused-ring (bicyclic) bond motifs is 6. The molecule has 0 aromatic carbocycles. The van der Waals surface area contributed by atoms with Gasteiger partial charge in [0, 0.05) is 68.6 Å². The molecule has 0 spiro atoms. The maximum absolute atomic E-state index is 13.6. The van der Waals surface area contributed by atoms with E-state index in [0.717, 1.165) is 45.1 Å². The quantitative estimate of drug-likeness (QED) is 0.139. The molecule has 0 amide bonds. The van der Waals surface area contributed by atoms with E-state index in [-0.39, 0.29) is 128 Å². The summed E-state index contributed by atoms with van der Waals surface area (Å²) in [5.41, 5.74) is -1.26. The Hall–Kier alpha value is 1.75. The third kappa shape index (κ3) is 19.4. The molecule has 6 saturated carbocycles. The summed E-state index contributed by atoms with van der Waals surface area (Å²) in [4.78, 5) is 0. The summed E-state index contributed by atoms with van der Waals surface area (Å²) >= 11 is 0. The number of aliphatic hydroxyl groups excluding tert-OH is 2. The van der Waals surface area contributed by atoms with Crippen LogP contribution >= 0.6 is 48.3 Å². The second-order valence-corrected chi connectivity index (χ2v) is 46.8. The maximum Gasteiger partial charge on any atom is 0.167 e. The molecular formula is C76H156B2N2O14P6-2. The Morgan fingerprint density at radius 1 is 0.520 bits per heavy atom. The lowest BCUT2D eigenvalue weighted by molar-refractivity contribution is -0.0331. The zero-order chi connectivity index (χ0) is 77.3. The highest BCUT2D eigenvalue weighted by atomic mass is 31.2. The molecule has 0 aromatic rings. The van der Waals surface area contributed by atoms with Crippen molar-refractivity contribution in [2.24, 2.45) is 100 Å². The van der Waals surface area contributed by atoms with Crippen LogP contribution in [-0.2, 0) is 54.4 Å². The molecule has 6 aliphatic carbocycles. The van der Waals surface area contributed by atoms with Crippen molar-refractivity contribution in [3.8, 4) is 0 Å². The van der Waals surface area contributed by atoms with Gasteiger partial charge in [-0.15, -0.1) is 0 Å². The topological polar surface area (TPSA) is 173 Å². The minimum absolute atomic E-state index is 0.0126. The van der Waals surface area contributed by atoms with Crippen LogP contribution in [-0.4, -0.2) is 162 Å². The minimum Gasteiger partial charge on any atom is -0.396 e. The van der Waals surface area contributed by atoms with Gasteiger partial charge in [-0.1, -0.05) is 166 Å². The molecule has 2 heterocycles. The molecule has 16 nitrogen and oxygen atoms in total. The Morgan fingerprint density at radius 3 is 1.40 bits per heavy atom. The van der Waals surface area contributed by atoms with Crippen LogP contribution in [0.4, 0.5) is 0 Å². The van der Waals surface area contributed by atoms with Crippen LogP contribution in [0.5, 0.6) is 0 Å². The van der Waals surface area contributed by atoms with Crippen LogP contribution in [0.2, 0.25) is 0 Å². The molecule has 2 saturated heterocycles. The Morgan fingerprint density at radius 2 is 0.930 bits per heavy atom. The highest BCUT2D eigenvalue weighted by Crippen LogP contribution is 2.68. The highest BCUT2D eigenvalue weighted by molar-refractivity contribution is 7.79. The van der Waals surface area contributed by atoms with Gasteiger partial charge in [0.05, 0.1) is 91.4 Å². The summed E-state index contributed by atoms with van der Waals surface area (Å²) in [5.74, 6) is 2.48. The Balaban J connectivity index is 0.000000246. The molecule has 8 rings (SSSR count). The zero-order valence-electron chi connectivity index (χ0n) is 69.1. The molecule has 0 radical (unpaired) electrons. The van der Waals surface area contributed by atoms with Gasteiger partial charge in [0.25, 0.3) is 0 Å². The molecule has 0 aromatic heterocycles. The van der Waals surface area contributed by atoms with Gasteiger partial charge in [-0.25, -0.2) is 0 Å². The average molecular weight is 1530 g/mol. The standard InChI is InChI=1S/C22H42O4P2.C21H41O4P.C20H42B2O6P2.C13H31N2P/c1-15-11-22(8)14-24-28(10)26-18-19(3,4)16(2)12-21(18,7)13-23-27(9)25-17(15)20(22,5)6;1-14-10-21(8,19(5,6)16(14)23)13-24-26(9)25-17-18(3,4)15(2)11-20(17,7)12-22;1-13-9-20(8)12-26-30(22,24)28-16-17(3,4)14(2)10-19(16,7)11-25-29(21,23)27-15(13)18(20,5)6;1-10(2)14(11(3)4)16(9)15(12(5)6)13(7)8/h15-18H,11-14H2,1-10H3;14-17,22-23H,10-13H2,1-9H3;13-16H,9-12H2,1-8,21-22H3;10-13H,1-9H3/q;;-2;/t15-,16-,17+,18+,21-,22-,27?,28?;14-,15-,16?,17-,20-,21-,26?;13-,14-,15+,16+,19-,20-,29?,30?;/m111./s1. The number of nitrogens with zero attached hydrogens (tertiary/aromatic N) is 2. The molecule has 8 aliphatic rings. The van der Waals surface area contributed by atoms with Gasteiger partial charge in [0.1, 0.15) is 14.9 Å². The van der Waals surface area contributed by atoms with E-state index in [0.29, 0.717) is 74.3 Å². The lowest BCUT2D eigenvalue weighted by Crippen LogP contribution is -2.42. The van der Waals surface area contributed by atoms with Gasteiger partial charge < -0.3 is 64.6 Å². The second kappa shape index (κ2) is 33.2. The molecule has 100 heavy (non-hydrogen) atoms. The van der Waals surface area contributed by atoms with E-state index >= 15 is 0 Å². The Bertz CT molecular complexity index is 2730. The van der Waals surface area contributed by atoms with Crippen LogP contribution in [0.3, 0.4) is 0 Å². The predicted molar refractivity (Wildman–Crippen MR) is 432 cm³/mol. The normalized spacial score (nSPS) is 44.7. The molecule has 2 aliphatic heterocycles. The van der Waals surface area contributed by atoms with E-state index in [1.165, 1.54) is 0 Å². The summed E-state index contributed by atoms with van der Waals surface area (Å²) in [6.07, 6.45) is 5.54. The molecule has 23 atom stereocenters. The first-order valence-corrected chi connectivity index (χ1v) is 46.4. The molecule has 6 unspecified atom stereocenters. The summed E-state index contributed by atoms with van der Waals surface area (Å²) in [6.45, 7) is 83.6. The zero-order valence-corrected chi connectivity index (χ0v) is 74.5. The molecule has 592 valence electrons. The van der Waals surface area contributed by atoms with Crippen LogP contribution in [0.25, 0.3) is 0 Å². The van der Waals surface area contributed by atoms with Crippen molar-refractivity contribution in [1.29, 1.82) is 0 Å². The number of hydrogen-bond acceptors (Lipinski definition) is 16. The summed E-state index contributed by atoms with van der Waals surface area (Å²) in [5, 5.41) is 20.5. The molecule has 8 fully saturated rings. The summed E-state index contributed by atoms with van der Waals surface area (Å²) in [7, 11) is -10.5. The van der Waals surface area contributed by atoms with Crippen molar-refractivity contribution in [2.45, 2.75) is 321 Å². The van der Waals surface area contributed by atoms with Crippen molar-refractivity contribution in [3.05, 3.63) is 0 Å². The number of hydrogen-bond donors (Lipinski definition) is 2. The first-order valence-electron chi connectivity index (χ1n) is 37.6. The summed E-state index contributed by atoms with van der Waals surface area (Å²) < 4.78 is 96.4. The van der Waals surface area contributed by atoms with Crippen LogP contribution in [0.1, 0.15) is 260 Å². The van der Waals surface area contributed by atoms with E-state index in [1.807, 2.05) is 6.66 Å². The van der Waals surface area contributed by atoms with Gasteiger partial charge in [0.2, 0.25) is 0 Å². The van der Waals surface area contributed by atoms with E-state index in [2.05, 4.69) is 251 Å². The van der Waals surface area contributed by atoms with Crippen molar-refractivity contribution < 1.29 is 64.6 Å². The lowest BCUT2D eigenvalue weighted by atomic mass is 9.69. The van der Waals surface area contributed by atoms with E-state index in [9.17, 15) is 19.3 Å². The van der Waals surface area contributed by atoms with Crippen molar-refractivity contribution in [2.75, 3.05) is 66.3 Å².